The molecule has 124 valence electrons. The minimum Gasteiger partial charge on any atom is -0.477 e. The van der Waals surface area contributed by atoms with E-state index in [-0.39, 0.29) is 0 Å². The third kappa shape index (κ3) is 4.10. The van der Waals surface area contributed by atoms with Crippen molar-refractivity contribution in [1.82, 2.24) is 20.2 Å². The van der Waals surface area contributed by atoms with Gasteiger partial charge < -0.3 is 14.5 Å². The van der Waals surface area contributed by atoms with Gasteiger partial charge in [-0.1, -0.05) is 11.6 Å². The summed E-state index contributed by atoms with van der Waals surface area (Å²) in [4.78, 5) is 8.54. The molecule has 0 amide bonds. The van der Waals surface area contributed by atoms with Crippen LogP contribution in [0, 0.1) is 12.8 Å². The zero-order valence-electron chi connectivity index (χ0n) is 13.3. The van der Waals surface area contributed by atoms with Gasteiger partial charge in [-0.05, 0) is 32.1 Å². The molecule has 2 aromatic heterocycles. The first kappa shape index (κ1) is 16.0. The lowest BCUT2D eigenvalue weighted by Crippen LogP contribution is -2.18. The van der Waals surface area contributed by atoms with E-state index in [1.165, 1.54) is 0 Å². The predicted octanol–water partition coefficient (Wildman–Crippen LogP) is 3.04. The van der Waals surface area contributed by atoms with E-state index >= 15 is 0 Å². The van der Waals surface area contributed by atoms with Crippen LogP contribution in [0.1, 0.15) is 38.0 Å². The zero-order chi connectivity index (χ0) is 16.2. The molecule has 0 aromatic carbocycles. The maximum absolute atomic E-state index is 6.01. The van der Waals surface area contributed by atoms with Crippen molar-refractivity contribution in [3.05, 3.63) is 23.0 Å². The van der Waals surface area contributed by atoms with Gasteiger partial charge >= 0.3 is 0 Å². The molecule has 1 aliphatic carbocycles. The molecule has 23 heavy (non-hydrogen) atoms. The van der Waals surface area contributed by atoms with E-state index in [9.17, 15) is 0 Å². The van der Waals surface area contributed by atoms with Gasteiger partial charge in [0.2, 0.25) is 23.6 Å². The van der Waals surface area contributed by atoms with E-state index < -0.39 is 0 Å². The summed E-state index contributed by atoms with van der Waals surface area (Å²) in [5.41, 5.74) is 0. The second-order valence-electron chi connectivity index (χ2n) is 5.72. The molecule has 2 aromatic rings. The minimum absolute atomic E-state index is 0.333. The van der Waals surface area contributed by atoms with Crippen LogP contribution in [0.5, 0.6) is 5.88 Å². The first-order chi connectivity index (χ1) is 11.1. The van der Waals surface area contributed by atoms with Crippen LogP contribution in [-0.4, -0.2) is 32.8 Å². The van der Waals surface area contributed by atoms with Crippen LogP contribution in [0.15, 0.2) is 10.6 Å². The Morgan fingerprint density at radius 1 is 1.39 bits per heavy atom. The standard InChI is InChI=1S/C15H20ClN5O2/c1-3-22-14-12(16)8-17-15(19-14)18-11-5-4-10(6-11)7-13-21-20-9(2)23-13/h8,10-11H,3-7H2,1-2H3,(H,17,18,19)/t10-,11+/m1/s1. The van der Waals surface area contributed by atoms with Crippen LogP contribution in [0.2, 0.25) is 5.02 Å². The van der Waals surface area contributed by atoms with Gasteiger partial charge in [0.15, 0.2) is 0 Å². The van der Waals surface area contributed by atoms with Crippen molar-refractivity contribution in [2.45, 2.75) is 45.6 Å². The van der Waals surface area contributed by atoms with E-state index in [2.05, 4.69) is 25.5 Å². The summed E-state index contributed by atoms with van der Waals surface area (Å²) in [7, 11) is 0. The smallest absolute Gasteiger partial charge is 0.237 e. The van der Waals surface area contributed by atoms with Crippen LogP contribution in [0.4, 0.5) is 5.95 Å². The Morgan fingerprint density at radius 2 is 2.26 bits per heavy atom. The van der Waals surface area contributed by atoms with Crippen molar-refractivity contribution in [3.8, 4) is 5.88 Å². The molecule has 0 aliphatic heterocycles. The van der Waals surface area contributed by atoms with Gasteiger partial charge in [-0.25, -0.2) is 4.98 Å². The lowest BCUT2D eigenvalue weighted by molar-refractivity contribution is 0.327. The van der Waals surface area contributed by atoms with Gasteiger partial charge in [0.05, 0.1) is 12.8 Å². The summed E-state index contributed by atoms with van der Waals surface area (Å²) < 4.78 is 10.8. The Morgan fingerprint density at radius 3 is 3.00 bits per heavy atom. The average molecular weight is 338 g/mol. The Hall–Kier alpha value is -1.89. The number of anilines is 1. The van der Waals surface area contributed by atoms with Crippen molar-refractivity contribution in [3.63, 3.8) is 0 Å². The maximum Gasteiger partial charge on any atom is 0.237 e. The number of halogens is 1. The van der Waals surface area contributed by atoms with Gasteiger partial charge in [-0.3, -0.25) is 0 Å². The minimum atomic E-state index is 0.333. The molecule has 0 radical (unpaired) electrons. The quantitative estimate of drug-likeness (QED) is 0.866. The number of hydrogen-bond acceptors (Lipinski definition) is 7. The Kier molecular flexibility index (Phi) is 4.95. The lowest BCUT2D eigenvalue weighted by Gasteiger charge is -2.13. The molecule has 0 spiro atoms. The maximum atomic E-state index is 6.01. The van der Waals surface area contributed by atoms with E-state index in [0.29, 0.717) is 41.3 Å². The number of nitrogens with zero attached hydrogens (tertiary/aromatic N) is 4. The third-order valence-corrected chi connectivity index (χ3v) is 4.16. The van der Waals surface area contributed by atoms with Crippen molar-refractivity contribution in [1.29, 1.82) is 0 Å². The summed E-state index contributed by atoms with van der Waals surface area (Å²) in [5.74, 6) is 2.84. The third-order valence-electron chi connectivity index (χ3n) is 3.90. The molecule has 0 saturated heterocycles. The molecule has 1 N–H and O–H groups in total. The van der Waals surface area contributed by atoms with Crippen molar-refractivity contribution < 1.29 is 9.15 Å². The fourth-order valence-corrected chi connectivity index (χ4v) is 3.05. The van der Waals surface area contributed by atoms with E-state index in [0.717, 1.165) is 31.6 Å². The largest absolute Gasteiger partial charge is 0.477 e. The summed E-state index contributed by atoms with van der Waals surface area (Å²) in [6.07, 6.45) is 5.59. The first-order valence-corrected chi connectivity index (χ1v) is 8.22. The fraction of sp³-hybridized carbons (Fsp3) is 0.600. The molecule has 3 rings (SSSR count). The first-order valence-electron chi connectivity index (χ1n) is 7.85. The highest BCUT2D eigenvalue weighted by Crippen LogP contribution is 2.30. The molecule has 1 fully saturated rings. The Labute approximate surface area is 139 Å². The Bertz CT molecular complexity index is 663. The second kappa shape index (κ2) is 7.12. The number of nitrogens with one attached hydrogen (secondary N) is 1. The topological polar surface area (TPSA) is 86.0 Å². The normalized spacial score (nSPS) is 20.7. The number of ether oxygens (including phenoxy) is 1. The molecular formula is C15H20ClN5O2. The highest BCUT2D eigenvalue weighted by molar-refractivity contribution is 6.31. The summed E-state index contributed by atoms with van der Waals surface area (Å²) >= 11 is 6.01. The van der Waals surface area contributed by atoms with Crippen LogP contribution in [-0.2, 0) is 6.42 Å². The van der Waals surface area contributed by atoms with Crippen molar-refractivity contribution in [2.24, 2.45) is 5.92 Å². The lowest BCUT2D eigenvalue weighted by atomic mass is 10.0. The van der Waals surface area contributed by atoms with Gasteiger partial charge in [0.1, 0.15) is 5.02 Å². The molecule has 8 heteroatoms. The van der Waals surface area contributed by atoms with E-state index in [1.807, 2.05) is 13.8 Å². The summed E-state index contributed by atoms with van der Waals surface area (Å²) in [6.45, 7) is 4.22. The molecule has 1 aliphatic rings. The summed E-state index contributed by atoms with van der Waals surface area (Å²) in [5, 5.41) is 11.7. The number of aromatic nitrogens is 4. The second-order valence-corrected chi connectivity index (χ2v) is 6.13. The highest BCUT2D eigenvalue weighted by atomic mass is 35.5. The molecule has 2 heterocycles. The zero-order valence-corrected chi connectivity index (χ0v) is 14.0. The van der Waals surface area contributed by atoms with Crippen molar-refractivity contribution in [2.75, 3.05) is 11.9 Å². The van der Waals surface area contributed by atoms with Gasteiger partial charge in [0.25, 0.3) is 0 Å². The number of hydrogen-bond donors (Lipinski definition) is 1. The molecule has 1 saturated carbocycles. The van der Waals surface area contributed by atoms with Crippen LogP contribution in [0.25, 0.3) is 0 Å². The Balaban J connectivity index is 1.56. The SMILES string of the molecule is CCOc1nc(N[C@H]2CC[C@@H](Cc3nnc(C)o3)C2)ncc1Cl. The summed E-state index contributed by atoms with van der Waals surface area (Å²) in [6, 6.07) is 0.333. The fourth-order valence-electron chi connectivity index (χ4n) is 2.90. The van der Waals surface area contributed by atoms with E-state index in [1.54, 1.807) is 6.20 Å². The number of aryl methyl sites for hydroxylation is 1. The predicted molar refractivity (Wildman–Crippen MR) is 85.7 cm³/mol. The average Bonchev–Trinajstić information content (AvgIpc) is 3.12. The molecule has 0 unspecified atom stereocenters. The highest BCUT2D eigenvalue weighted by Gasteiger charge is 2.27. The monoisotopic (exact) mass is 337 g/mol. The van der Waals surface area contributed by atoms with Gasteiger partial charge in [-0.2, -0.15) is 4.98 Å². The van der Waals surface area contributed by atoms with Crippen LogP contribution in [0.3, 0.4) is 0 Å². The molecule has 2 atom stereocenters. The van der Waals surface area contributed by atoms with E-state index in [4.69, 9.17) is 20.8 Å². The molecular weight excluding hydrogens is 318 g/mol. The molecule has 7 nitrogen and oxygen atoms in total. The number of rotatable bonds is 6. The van der Waals surface area contributed by atoms with Crippen LogP contribution < -0.4 is 10.1 Å². The van der Waals surface area contributed by atoms with Gasteiger partial charge in [-0.15, -0.1) is 10.2 Å². The van der Waals surface area contributed by atoms with Gasteiger partial charge in [0, 0.05) is 19.4 Å². The van der Waals surface area contributed by atoms with Crippen LogP contribution >= 0.6 is 11.6 Å². The van der Waals surface area contributed by atoms with Crippen molar-refractivity contribution >= 4 is 17.5 Å². The molecule has 0 bridgehead atoms.